The molecule has 0 amide bonds. The molecule has 0 bridgehead atoms. The van der Waals surface area contributed by atoms with Crippen molar-refractivity contribution >= 4 is 50.0 Å². The summed E-state index contributed by atoms with van der Waals surface area (Å²) in [5.41, 5.74) is -0.815. The van der Waals surface area contributed by atoms with E-state index < -0.39 is 11.4 Å². The summed E-state index contributed by atoms with van der Waals surface area (Å²) in [4.78, 5) is 20.3. The summed E-state index contributed by atoms with van der Waals surface area (Å²) in [6.07, 6.45) is 0. The van der Waals surface area contributed by atoms with Crippen molar-refractivity contribution in [3.05, 3.63) is 30.9 Å². The number of halogens is 4. The van der Waals surface area contributed by atoms with Crippen molar-refractivity contribution in [3.8, 4) is 5.75 Å². The molecule has 0 saturated carbocycles. The van der Waals surface area contributed by atoms with Gasteiger partial charge in [0.05, 0.1) is 4.47 Å². The van der Waals surface area contributed by atoms with Gasteiger partial charge in [0.25, 0.3) is 5.56 Å². The number of aromatic nitrogens is 2. The van der Waals surface area contributed by atoms with Crippen molar-refractivity contribution in [2.24, 2.45) is 0 Å². The topological polar surface area (TPSA) is 70.2 Å². The van der Waals surface area contributed by atoms with Crippen LogP contribution in [0.5, 0.6) is 5.75 Å². The van der Waals surface area contributed by atoms with Crippen LogP contribution in [0.3, 0.4) is 0 Å². The molecule has 24 heavy (non-hydrogen) atoms. The predicted molar refractivity (Wildman–Crippen MR) is 97.0 cm³/mol. The minimum absolute atomic E-state index is 0.0251. The molecule has 2 aromatic rings. The van der Waals surface area contributed by atoms with Gasteiger partial charge in [-0.1, -0.05) is 11.6 Å². The molecule has 132 valence electrons. The Bertz CT molecular complexity index is 801. The molecule has 0 aliphatic carbocycles. The first-order valence-electron chi connectivity index (χ1n) is 7.07. The Kier molecular flexibility index (Phi) is 6.82. The third-order valence-corrected chi connectivity index (χ3v) is 4.68. The largest absolute Gasteiger partial charge is 0.490 e. The van der Waals surface area contributed by atoms with E-state index in [4.69, 9.17) is 27.9 Å². The third-order valence-electron chi connectivity index (χ3n) is 3.17. The van der Waals surface area contributed by atoms with E-state index in [0.29, 0.717) is 6.54 Å². The van der Waals surface area contributed by atoms with Gasteiger partial charge in [-0.3, -0.25) is 9.78 Å². The molecule has 0 saturated heterocycles. The van der Waals surface area contributed by atoms with Gasteiger partial charge in [-0.25, -0.2) is 9.37 Å². The number of fused-ring (bicyclic) bond motifs is 1. The Morgan fingerprint density at radius 1 is 1.38 bits per heavy atom. The molecule has 1 aromatic carbocycles. The number of hydrogen-bond acceptors (Lipinski definition) is 5. The van der Waals surface area contributed by atoms with Crippen molar-refractivity contribution in [1.29, 1.82) is 0 Å². The number of nitrogens with one attached hydrogen (secondary N) is 2. The molecule has 10 heteroatoms. The van der Waals surface area contributed by atoms with Crippen molar-refractivity contribution in [3.63, 3.8) is 0 Å². The van der Waals surface area contributed by atoms with Crippen LogP contribution in [0.25, 0.3) is 10.9 Å². The summed E-state index contributed by atoms with van der Waals surface area (Å²) in [5.74, 6) is -0.695. The minimum atomic E-state index is -0.764. The molecule has 6 nitrogen and oxygen atoms in total. The lowest BCUT2D eigenvalue weighted by molar-refractivity contribution is 0.311. The fraction of sp³-hybridized carbons (Fsp3) is 0.429. The van der Waals surface area contributed by atoms with Gasteiger partial charge in [-0.15, -0.1) is 0 Å². The van der Waals surface area contributed by atoms with E-state index in [-0.39, 0.29) is 38.0 Å². The first-order chi connectivity index (χ1) is 11.3. The lowest BCUT2D eigenvalue weighted by atomic mass is 10.2. The standard InChI is InChI=1S/C14H16BrCl2FN4O2/c1-22(2)5-3-19-4-6-24-12-7-11(10(18)8(15)9(12)16)20-14(17)21-13(7)23/h19H,3-6H2,1-2H3,(H,20,21,23). The molecule has 0 unspecified atom stereocenters. The molecule has 0 aliphatic rings. The highest BCUT2D eigenvalue weighted by molar-refractivity contribution is 9.10. The van der Waals surface area contributed by atoms with Crippen LogP contribution in [0.2, 0.25) is 10.3 Å². The summed E-state index contributed by atoms with van der Waals surface area (Å²) in [6.45, 7) is 2.46. The molecule has 0 fully saturated rings. The van der Waals surface area contributed by atoms with Crippen LogP contribution in [0.4, 0.5) is 4.39 Å². The number of nitrogens with zero attached hydrogens (tertiary/aromatic N) is 2. The number of rotatable bonds is 7. The fourth-order valence-corrected chi connectivity index (χ4v) is 2.78. The zero-order valence-electron chi connectivity index (χ0n) is 13.1. The lowest BCUT2D eigenvalue weighted by Gasteiger charge is -2.14. The summed E-state index contributed by atoms with van der Waals surface area (Å²) >= 11 is 14.9. The Labute approximate surface area is 156 Å². The maximum atomic E-state index is 14.3. The van der Waals surface area contributed by atoms with E-state index in [1.165, 1.54) is 0 Å². The monoisotopic (exact) mass is 440 g/mol. The SMILES string of the molecule is CN(C)CCNCCOc1c(Cl)c(Br)c(F)c2nc(Cl)[nH]c(=O)c12. The summed E-state index contributed by atoms with van der Waals surface area (Å²) < 4.78 is 19.9. The maximum Gasteiger partial charge on any atom is 0.263 e. The normalized spacial score (nSPS) is 11.5. The Morgan fingerprint density at radius 2 is 2.08 bits per heavy atom. The van der Waals surface area contributed by atoms with Crippen molar-refractivity contribution in [2.45, 2.75) is 0 Å². The average Bonchev–Trinajstić information content (AvgIpc) is 2.51. The molecular weight excluding hydrogens is 426 g/mol. The second kappa shape index (κ2) is 8.44. The zero-order valence-corrected chi connectivity index (χ0v) is 16.1. The number of hydrogen-bond donors (Lipinski definition) is 2. The smallest absolute Gasteiger partial charge is 0.263 e. The summed E-state index contributed by atoms with van der Waals surface area (Å²) in [6, 6.07) is 0. The van der Waals surface area contributed by atoms with Crippen LogP contribution in [-0.4, -0.2) is 55.2 Å². The second-order valence-electron chi connectivity index (χ2n) is 5.25. The number of likely N-dealkylation sites (N-methyl/N-ethyl adjacent to an activating group) is 1. The quantitative estimate of drug-likeness (QED) is 0.392. The predicted octanol–water partition coefficient (Wildman–Crippen LogP) is 2.66. The molecule has 2 rings (SSSR count). The van der Waals surface area contributed by atoms with Crippen LogP contribution in [0, 0.1) is 5.82 Å². The zero-order chi connectivity index (χ0) is 17.9. The van der Waals surface area contributed by atoms with Crippen LogP contribution >= 0.6 is 39.1 Å². The second-order valence-corrected chi connectivity index (χ2v) is 6.78. The minimum Gasteiger partial charge on any atom is -0.490 e. The van der Waals surface area contributed by atoms with Gasteiger partial charge in [0.15, 0.2) is 11.6 Å². The van der Waals surface area contributed by atoms with Crippen molar-refractivity contribution in [1.82, 2.24) is 20.2 Å². The van der Waals surface area contributed by atoms with Gasteiger partial charge in [-0.05, 0) is 41.6 Å². The van der Waals surface area contributed by atoms with Gasteiger partial charge in [0.2, 0.25) is 5.28 Å². The van der Waals surface area contributed by atoms with Gasteiger partial charge >= 0.3 is 0 Å². The van der Waals surface area contributed by atoms with Gasteiger partial charge in [0.1, 0.15) is 22.5 Å². The van der Waals surface area contributed by atoms with Gasteiger partial charge in [-0.2, -0.15) is 0 Å². The first kappa shape index (κ1) is 19.4. The highest BCUT2D eigenvalue weighted by Gasteiger charge is 2.22. The summed E-state index contributed by atoms with van der Waals surface area (Å²) in [7, 11) is 3.95. The molecule has 0 radical (unpaired) electrons. The van der Waals surface area contributed by atoms with E-state index in [2.05, 4.69) is 31.2 Å². The van der Waals surface area contributed by atoms with Crippen molar-refractivity contribution < 1.29 is 9.13 Å². The van der Waals surface area contributed by atoms with Crippen LogP contribution < -0.4 is 15.6 Å². The summed E-state index contributed by atoms with van der Waals surface area (Å²) in [5, 5.41) is 2.88. The highest BCUT2D eigenvalue weighted by Crippen LogP contribution is 2.39. The fourth-order valence-electron chi connectivity index (χ4n) is 2.01. The molecule has 2 N–H and O–H groups in total. The number of aromatic amines is 1. The number of ether oxygens (including phenoxy) is 1. The Morgan fingerprint density at radius 3 is 2.75 bits per heavy atom. The van der Waals surface area contributed by atoms with E-state index >= 15 is 0 Å². The van der Waals surface area contributed by atoms with E-state index in [0.717, 1.165) is 13.1 Å². The number of H-pyrrole nitrogens is 1. The molecule has 0 aliphatic heterocycles. The van der Waals surface area contributed by atoms with E-state index in [9.17, 15) is 9.18 Å². The Hall–Kier alpha value is -0.930. The van der Waals surface area contributed by atoms with E-state index in [1.807, 2.05) is 19.0 Å². The van der Waals surface area contributed by atoms with Crippen LogP contribution in [-0.2, 0) is 0 Å². The molecule has 0 atom stereocenters. The van der Waals surface area contributed by atoms with Crippen LogP contribution in [0.1, 0.15) is 0 Å². The molecular formula is C14H16BrCl2FN4O2. The van der Waals surface area contributed by atoms with Crippen LogP contribution in [0.15, 0.2) is 9.27 Å². The highest BCUT2D eigenvalue weighted by atomic mass is 79.9. The Balaban J connectivity index is 2.25. The molecule has 1 heterocycles. The lowest BCUT2D eigenvalue weighted by Crippen LogP contribution is -2.29. The van der Waals surface area contributed by atoms with Gasteiger partial charge in [0, 0.05) is 19.6 Å². The van der Waals surface area contributed by atoms with Gasteiger partial charge < -0.3 is 15.0 Å². The molecule has 1 aromatic heterocycles. The third kappa shape index (κ3) is 4.37. The first-order valence-corrected chi connectivity index (χ1v) is 8.62. The van der Waals surface area contributed by atoms with Crippen molar-refractivity contribution in [2.75, 3.05) is 40.3 Å². The average molecular weight is 442 g/mol. The maximum absolute atomic E-state index is 14.3. The number of benzene rings is 1. The van der Waals surface area contributed by atoms with E-state index in [1.54, 1.807) is 0 Å². The molecule has 0 spiro atoms.